The molecule has 7 aliphatic rings. The fourth-order valence-electron chi connectivity index (χ4n) is 12.8. The molecular formula is C39H61NO13. The highest BCUT2D eigenvalue weighted by atomic mass is 16.7. The van der Waals surface area contributed by atoms with Gasteiger partial charge in [-0.15, -0.1) is 0 Å². The maximum atomic E-state index is 13.7. The Morgan fingerprint density at radius 1 is 0.981 bits per heavy atom. The lowest BCUT2D eigenvalue weighted by Crippen LogP contribution is -2.78. The molecule has 0 radical (unpaired) electrons. The Hall–Kier alpha value is -1.91. The van der Waals surface area contributed by atoms with Crippen molar-refractivity contribution in [3.63, 3.8) is 0 Å². The highest BCUT2D eigenvalue weighted by molar-refractivity contribution is 5.79. The van der Waals surface area contributed by atoms with Crippen molar-refractivity contribution >= 4 is 17.9 Å². The highest BCUT2D eigenvalue weighted by Crippen LogP contribution is 2.77. The van der Waals surface area contributed by atoms with E-state index in [0.29, 0.717) is 31.8 Å². The van der Waals surface area contributed by atoms with Gasteiger partial charge < -0.3 is 49.6 Å². The number of aliphatic hydroxyl groups is 6. The summed E-state index contributed by atoms with van der Waals surface area (Å²) in [4.78, 5) is 41.9. The summed E-state index contributed by atoms with van der Waals surface area (Å²) >= 11 is 0. The molecule has 53 heavy (non-hydrogen) atoms. The van der Waals surface area contributed by atoms with Crippen LogP contribution >= 0.6 is 0 Å². The lowest BCUT2D eigenvalue weighted by molar-refractivity contribution is -0.301. The van der Waals surface area contributed by atoms with Crippen molar-refractivity contribution in [1.29, 1.82) is 0 Å². The molecule has 14 heteroatoms. The van der Waals surface area contributed by atoms with E-state index >= 15 is 0 Å². The van der Waals surface area contributed by atoms with Gasteiger partial charge in [0.1, 0.15) is 11.7 Å². The van der Waals surface area contributed by atoms with Gasteiger partial charge in [0.05, 0.1) is 41.2 Å². The third-order valence-corrected chi connectivity index (χ3v) is 15.7. The Morgan fingerprint density at radius 2 is 1.66 bits per heavy atom. The molecule has 0 amide bonds. The van der Waals surface area contributed by atoms with Gasteiger partial charge in [-0.25, -0.2) is 4.79 Å². The minimum atomic E-state index is -2.33. The smallest absolute Gasteiger partial charge is 0.338 e. The Kier molecular flexibility index (Phi) is 9.31. The number of carbonyl (C=O) groups excluding carboxylic acids is 3. The highest BCUT2D eigenvalue weighted by Gasteiger charge is 2.89. The van der Waals surface area contributed by atoms with E-state index < -0.39 is 118 Å². The fourth-order valence-corrected chi connectivity index (χ4v) is 12.8. The predicted molar refractivity (Wildman–Crippen MR) is 185 cm³/mol. The summed E-state index contributed by atoms with van der Waals surface area (Å²) in [6.45, 7) is 14.4. The molecule has 3 aliphatic heterocycles. The fraction of sp³-hybridized carbons (Fsp3) is 0.923. The first-order chi connectivity index (χ1) is 24.6. The van der Waals surface area contributed by atoms with Crippen LogP contribution in [0, 0.1) is 46.8 Å². The number of nitrogens with zero attached hydrogens (tertiary/aromatic N) is 1. The second kappa shape index (κ2) is 12.5. The van der Waals surface area contributed by atoms with E-state index in [4.69, 9.17) is 18.9 Å². The van der Waals surface area contributed by atoms with Crippen molar-refractivity contribution in [1.82, 2.24) is 4.90 Å². The second-order valence-corrected chi connectivity index (χ2v) is 18.7. The van der Waals surface area contributed by atoms with Gasteiger partial charge in [0.25, 0.3) is 0 Å². The maximum absolute atomic E-state index is 13.7. The van der Waals surface area contributed by atoms with Crippen LogP contribution in [0.15, 0.2) is 0 Å². The Labute approximate surface area is 311 Å². The number of aliphatic hydroxyl groups excluding tert-OH is 2. The van der Waals surface area contributed by atoms with E-state index in [1.165, 1.54) is 13.8 Å². The number of esters is 3. The molecule has 0 aromatic carbocycles. The van der Waals surface area contributed by atoms with E-state index in [2.05, 4.69) is 11.8 Å². The summed E-state index contributed by atoms with van der Waals surface area (Å²) in [6.07, 6.45) is -5.24. The zero-order valence-electron chi connectivity index (χ0n) is 32.4. The summed E-state index contributed by atoms with van der Waals surface area (Å²) in [5.41, 5.74) is -8.19. The van der Waals surface area contributed by atoms with Crippen LogP contribution in [0.1, 0.15) is 100 Å². The van der Waals surface area contributed by atoms with E-state index in [1.807, 2.05) is 13.8 Å². The van der Waals surface area contributed by atoms with Gasteiger partial charge in [0.15, 0.2) is 17.8 Å². The van der Waals surface area contributed by atoms with E-state index in [1.54, 1.807) is 20.8 Å². The van der Waals surface area contributed by atoms with Crippen molar-refractivity contribution in [2.75, 3.05) is 13.1 Å². The van der Waals surface area contributed by atoms with Crippen LogP contribution in [0.4, 0.5) is 0 Å². The number of piperidine rings is 2. The molecule has 0 aromatic heterocycles. The lowest BCUT2D eigenvalue weighted by Gasteiger charge is -2.64. The first-order valence-corrected chi connectivity index (χ1v) is 19.8. The van der Waals surface area contributed by atoms with Gasteiger partial charge in [-0.05, 0) is 76.5 Å². The lowest BCUT2D eigenvalue weighted by atomic mass is 9.48. The Balaban J connectivity index is 1.40. The number of ether oxygens (including phenoxy) is 4. The van der Waals surface area contributed by atoms with E-state index in [-0.39, 0.29) is 31.7 Å². The molecule has 4 saturated carbocycles. The number of hydrogen-bond donors (Lipinski definition) is 6. The topological polar surface area (TPSA) is 213 Å². The van der Waals surface area contributed by atoms with Crippen molar-refractivity contribution in [3.8, 4) is 0 Å². The zero-order chi connectivity index (χ0) is 39.0. The molecule has 4 bridgehead atoms. The first kappa shape index (κ1) is 39.3. The minimum Gasteiger partial charge on any atom is -0.459 e. The number of rotatable bonds is 7. The van der Waals surface area contributed by atoms with Crippen molar-refractivity contribution in [2.24, 2.45) is 46.8 Å². The molecule has 7 rings (SSSR count). The van der Waals surface area contributed by atoms with Crippen LogP contribution in [0.2, 0.25) is 0 Å². The van der Waals surface area contributed by atoms with Crippen LogP contribution in [0.3, 0.4) is 0 Å². The predicted octanol–water partition coefficient (Wildman–Crippen LogP) is 1.04. The van der Waals surface area contributed by atoms with Crippen molar-refractivity contribution in [3.05, 3.63) is 0 Å². The average molecular weight is 752 g/mol. The van der Waals surface area contributed by atoms with Gasteiger partial charge in [0.2, 0.25) is 5.79 Å². The van der Waals surface area contributed by atoms with Crippen LogP contribution in [0.25, 0.3) is 0 Å². The van der Waals surface area contributed by atoms with Crippen molar-refractivity contribution in [2.45, 2.75) is 165 Å². The molecule has 0 aromatic rings. The maximum Gasteiger partial charge on any atom is 0.338 e. The molecule has 6 N–H and O–H groups in total. The van der Waals surface area contributed by atoms with Gasteiger partial charge in [0, 0.05) is 37.4 Å². The molecular weight excluding hydrogens is 690 g/mol. The normalized spacial score (nSPS) is 52.9. The van der Waals surface area contributed by atoms with E-state index in [0.717, 1.165) is 6.42 Å². The van der Waals surface area contributed by atoms with Crippen LogP contribution < -0.4 is 0 Å². The molecule has 1 spiro atoms. The summed E-state index contributed by atoms with van der Waals surface area (Å²) < 4.78 is 24.8. The summed E-state index contributed by atoms with van der Waals surface area (Å²) in [6, 6.07) is -0.284. The first-order valence-electron chi connectivity index (χ1n) is 19.8. The number of fused-ring (bicyclic) bond motifs is 5. The zero-order valence-corrected chi connectivity index (χ0v) is 32.4. The molecule has 19 atom stereocenters. The second-order valence-electron chi connectivity index (χ2n) is 18.7. The minimum absolute atomic E-state index is 0.0378. The molecule has 0 unspecified atom stereocenters. The molecule has 4 aliphatic carbocycles. The van der Waals surface area contributed by atoms with Gasteiger partial charge in [-0.2, -0.15) is 0 Å². The number of carbonyl (C=O) groups is 3. The molecule has 14 nitrogen and oxygen atoms in total. The van der Waals surface area contributed by atoms with Gasteiger partial charge in [-0.1, -0.05) is 34.6 Å². The third-order valence-electron chi connectivity index (χ3n) is 15.7. The monoisotopic (exact) mass is 751 g/mol. The molecule has 7 fully saturated rings. The van der Waals surface area contributed by atoms with E-state index in [9.17, 15) is 45.0 Å². The molecule has 3 heterocycles. The Morgan fingerprint density at radius 3 is 2.28 bits per heavy atom. The largest absolute Gasteiger partial charge is 0.459 e. The number of hydrogen-bond acceptors (Lipinski definition) is 14. The van der Waals surface area contributed by atoms with Crippen LogP contribution in [0.5, 0.6) is 0 Å². The van der Waals surface area contributed by atoms with Gasteiger partial charge >= 0.3 is 17.9 Å². The third kappa shape index (κ3) is 5.14. The summed E-state index contributed by atoms with van der Waals surface area (Å²) in [5.74, 6) is -9.73. The van der Waals surface area contributed by atoms with Crippen LogP contribution in [-0.2, 0) is 33.3 Å². The van der Waals surface area contributed by atoms with Crippen molar-refractivity contribution < 1.29 is 64.0 Å². The molecule has 3 saturated heterocycles. The van der Waals surface area contributed by atoms with Crippen LogP contribution in [-0.4, -0.2) is 131 Å². The SMILES string of the molecule is CC[C@@H](C)C(=O)O[C@H]1[C@H](O)[C@H]2[C@@H](CN3C[C@@H](C)CC[C@H]3[C@@]2(C)O)[C@@H]2C[C@]34O[C@]5(O)[C@@H](OC(=O)[C@@](C)(O)CC)CC[C@@]3(C)[C@@H]5[C@@H](OC(C)=O)[C@@H](O)[C@H]4[C@@]21O. The summed E-state index contributed by atoms with van der Waals surface area (Å²) in [7, 11) is 0. The van der Waals surface area contributed by atoms with Gasteiger partial charge in [-0.3, -0.25) is 14.5 Å². The quantitative estimate of drug-likeness (QED) is 0.159. The standard InChI is InChI=1S/C39H61NO13/c1-9-19(4)32(44)52-31-26(42)25-21(17-40-16-18(3)11-12-23(40)36(25,8)47)22-15-37-29(38(22,31)48)27(43)28(50-20(5)41)30-34(37,6)14-13-24(39(30,49)53-37)51-33(45)35(7,46)10-2/h18-19,21-31,42-43,46-49H,9-17H2,1-8H3/t18-,19+,21-,22-,23-,24-,25+,26+,27+,28-,29+,30-,31-,34-,35-,36+,37+,38-,39+/m0/s1. The summed E-state index contributed by atoms with van der Waals surface area (Å²) in [5, 5.41) is 74.7. The Bertz CT molecular complexity index is 1500. The molecule has 300 valence electrons. The average Bonchev–Trinajstić information content (AvgIpc) is 3.38.